The van der Waals surface area contributed by atoms with Crippen molar-refractivity contribution in [3.05, 3.63) is 66.0 Å². The molecule has 0 bridgehead atoms. The number of ether oxygens (including phenoxy) is 3. The fraction of sp³-hybridized carbons (Fsp3) is 0.774. The molecule has 2 atom stereocenters. The monoisotopic (exact) mass is 968 g/mol. The molecule has 7 nitrogen and oxygen atoms in total. The highest BCUT2D eigenvalue weighted by Crippen LogP contribution is 2.39. The third-order valence-corrected chi connectivity index (χ3v) is 11.4. The Morgan fingerprint density at radius 1 is 0.406 bits per heavy atom. The number of carbonyl (C=O) groups is 3. The predicted octanol–water partition coefficient (Wildman–Crippen LogP) is 19.7. The van der Waals surface area contributed by atoms with Gasteiger partial charge in [-0.15, -0.1) is 0 Å². The molecule has 0 saturated heterocycles. The van der Waals surface area contributed by atoms with Gasteiger partial charge in [-0.05, 0) is 80.9 Å². The SMILES string of the molecule is CC(=O)OC(C1CCCCC1)C1CCCCC1.CC(=O)OC(c1ccccc1)C1CCCCC1.CC(=O)OC(c1ccccn1)C1CCCCC1.CCC.CCC.CCC.CCC.CCC.CCC. The summed E-state index contributed by atoms with van der Waals surface area (Å²) in [5.41, 5.74) is 2.02. The van der Waals surface area contributed by atoms with E-state index in [0.717, 1.165) is 24.1 Å². The van der Waals surface area contributed by atoms with E-state index in [-0.39, 0.29) is 36.2 Å². The van der Waals surface area contributed by atoms with Crippen LogP contribution in [0.15, 0.2) is 54.7 Å². The number of hydrogen-bond acceptors (Lipinski definition) is 7. The van der Waals surface area contributed by atoms with Gasteiger partial charge in [0.25, 0.3) is 0 Å². The van der Waals surface area contributed by atoms with Crippen molar-refractivity contribution in [1.82, 2.24) is 4.98 Å². The predicted molar refractivity (Wildman–Crippen MR) is 297 cm³/mol. The van der Waals surface area contributed by atoms with Gasteiger partial charge >= 0.3 is 17.9 Å². The van der Waals surface area contributed by atoms with Crippen LogP contribution in [-0.4, -0.2) is 29.0 Å². The molecule has 6 rings (SSSR count). The van der Waals surface area contributed by atoms with Gasteiger partial charge < -0.3 is 14.2 Å². The number of nitrogens with zero attached hydrogens (tertiary/aromatic N) is 1. The van der Waals surface area contributed by atoms with Gasteiger partial charge in [-0.3, -0.25) is 19.4 Å². The van der Waals surface area contributed by atoms with E-state index in [0.29, 0.717) is 23.7 Å². The molecule has 1 aromatic carbocycles. The normalized spacial score (nSPS) is 16.6. The van der Waals surface area contributed by atoms with E-state index < -0.39 is 0 Å². The highest BCUT2D eigenvalue weighted by atomic mass is 16.6. The first-order chi connectivity index (χ1) is 33.3. The van der Waals surface area contributed by atoms with E-state index in [2.05, 4.69) is 100 Å². The minimum Gasteiger partial charge on any atom is -0.462 e. The van der Waals surface area contributed by atoms with Gasteiger partial charge in [0.15, 0.2) is 0 Å². The summed E-state index contributed by atoms with van der Waals surface area (Å²) in [7, 11) is 0. The van der Waals surface area contributed by atoms with Crippen LogP contribution in [0, 0.1) is 23.7 Å². The molecule has 4 fully saturated rings. The number of rotatable bonds is 9. The lowest BCUT2D eigenvalue weighted by molar-refractivity contribution is -0.155. The molecule has 4 saturated carbocycles. The summed E-state index contributed by atoms with van der Waals surface area (Å²) in [5.74, 6) is 1.76. The molecule has 0 aliphatic heterocycles. The van der Waals surface area contributed by atoms with Gasteiger partial charge in [-0.2, -0.15) is 0 Å². The number of esters is 3. The number of aromatic nitrogens is 1. The van der Waals surface area contributed by atoms with Crippen LogP contribution in [-0.2, 0) is 28.6 Å². The Bertz CT molecular complexity index is 1250. The van der Waals surface area contributed by atoms with Gasteiger partial charge in [-0.1, -0.05) is 235 Å². The zero-order valence-electron chi connectivity index (χ0n) is 48.0. The zero-order chi connectivity index (χ0) is 52.5. The molecule has 2 aromatic rings. The molecule has 0 spiro atoms. The van der Waals surface area contributed by atoms with Gasteiger partial charge in [0.1, 0.15) is 18.3 Å². The number of benzene rings is 1. The van der Waals surface area contributed by atoms with E-state index in [9.17, 15) is 14.4 Å². The summed E-state index contributed by atoms with van der Waals surface area (Å²) in [6.07, 6.45) is 34.6. The molecule has 0 radical (unpaired) electrons. The lowest BCUT2D eigenvalue weighted by Gasteiger charge is -2.36. The van der Waals surface area contributed by atoms with Crippen molar-refractivity contribution in [2.75, 3.05) is 0 Å². The van der Waals surface area contributed by atoms with E-state index >= 15 is 0 Å². The Hall–Kier alpha value is -3.22. The second kappa shape index (κ2) is 51.1. The largest absolute Gasteiger partial charge is 0.462 e. The lowest BCUT2D eigenvalue weighted by atomic mass is 9.75. The Labute approximate surface area is 428 Å². The van der Waals surface area contributed by atoms with Crippen molar-refractivity contribution in [3.8, 4) is 0 Å². The minimum atomic E-state index is -0.216. The van der Waals surface area contributed by atoms with Crippen LogP contribution in [0.3, 0.4) is 0 Å². The summed E-state index contributed by atoms with van der Waals surface area (Å²) >= 11 is 0. The van der Waals surface area contributed by atoms with Gasteiger partial charge in [0, 0.05) is 38.8 Å². The average molecular weight is 969 g/mol. The van der Waals surface area contributed by atoms with Crippen LogP contribution < -0.4 is 0 Å². The molecule has 0 amide bonds. The van der Waals surface area contributed by atoms with Crippen LogP contribution >= 0.6 is 0 Å². The van der Waals surface area contributed by atoms with Crippen molar-refractivity contribution in [3.63, 3.8) is 0 Å². The maximum Gasteiger partial charge on any atom is 0.303 e. The van der Waals surface area contributed by atoms with Crippen LogP contribution in [0.4, 0.5) is 0 Å². The molecule has 69 heavy (non-hydrogen) atoms. The highest BCUT2D eigenvalue weighted by Gasteiger charge is 2.34. The molecular formula is C62H113NO6. The van der Waals surface area contributed by atoms with E-state index in [1.54, 1.807) is 13.1 Å². The minimum absolute atomic E-state index is 0.0472. The molecule has 4 aliphatic rings. The number of hydrogen-bond donors (Lipinski definition) is 0. The third kappa shape index (κ3) is 39.1. The maximum atomic E-state index is 11.3. The van der Waals surface area contributed by atoms with Crippen molar-refractivity contribution in [1.29, 1.82) is 0 Å². The van der Waals surface area contributed by atoms with E-state index in [1.165, 1.54) is 168 Å². The van der Waals surface area contributed by atoms with Gasteiger partial charge in [0.05, 0.1) is 5.69 Å². The quantitative estimate of drug-likeness (QED) is 0.183. The van der Waals surface area contributed by atoms with Crippen LogP contribution in [0.5, 0.6) is 0 Å². The second-order valence-electron chi connectivity index (χ2n) is 19.6. The maximum absolute atomic E-state index is 11.3. The van der Waals surface area contributed by atoms with Crippen molar-refractivity contribution >= 4 is 17.9 Å². The Kier molecular flexibility index (Phi) is 51.9. The summed E-state index contributed by atoms with van der Waals surface area (Å²) < 4.78 is 16.7. The molecule has 7 heteroatoms. The molecule has 1 heterocycles. The first kappa shape index (κ1) is 70.0. The van der Waals surface area contributed by atoms with E-state index in [1.807, 2.05) is 36.4 Å². The number of carbonyl (C=O) groups excluding carboxylic acids is 3. The lowest BCUT2D eigenvalue weighted by Crippen LogP contribution is -2.36. The Morgan fingerprint density at radius 3 is 1.00 bits per heavy atom. The number of pyridine rings is 1. The Balaban J connectivity index is -0.000000805. The Morgan fingerprint density at radius 2 is 0.696 bits per heavy atom. The topological polar surface area (TPSA) is 91.8 Å². The smallest absolute Gasteiger partial charge is 0.303 e. The fourth-order valence-corrected chi connectivity index (χ4v) is 8.95. The fourth-order valence-electron chi connectivity index (χ4n) is 8.95. The molecule has 402 valence electrons. The summed E-state index contributed by atoms with van der Waals surface area (Å²) in [6.45, 7) is 30.0. The van der Waals surface area contributed by atoms with Crippen LogP contribution in [0.25, 0.3) is 0 Å². The highest BCUT2D eigenvalue weighted by molar-refractivity contribution is 5.67. The summed E-state index contributed by atoms with van der Waals surface area (Å²) in [6, 6.07) is 15.9. The van der Waals surface area contributed by atoms with Crippen molar-refractivity contribution in [2.24, 2.45) is 23.7 Å². The van der Waals surface area contributed by atoms with E-state index in [4.69, 9.17) is 14.2 Å². The molecule has 1 aromatic heterocycles. The first-order valence-electron chi connectivity index (χ1n) is 28.8. The van der Waals surface area contributed by atoms with Crippen LogP contribution in [0.1, 0.15) is 294 Å². The molecule has 2 unspecified atom stereocenters. The standard InChI is InChI=1S/C15H26O2.C15H20O2.C14H19NO2.6C3H8/c2*1-12(16)17-15(13-8-4-2-5-9-13)14-10-6-3-7-11-14;1-11(16)17-14(12-7-3-2-4-8-12)13-9-5-6-10-15-13;6*1-3-2/h13-15H,2-11H2,1H3;2,4-5,8-9,14-15H,3,6-7,10-11H2,1H3;5-6,9-10,12,14H,2-4,7-8H2,1H3;6*3H2,1-2H3. The average Bonchev–Trinajstić information content (AvgIpc) is 3.35. The molecule has 4 aliphatic carbocycles. The zero-order valence-corrected chi connectivity index (χ0v) is 48.0. The summed E-state index contributed by atoms with van der Waals surface area (Å²) in [5, 5.41) is 0. The van der Waals surface area contributed by atoms with Crippen molar-refractivity contribution < 1.29 is 28.6 Å². The first-order valence-corrected chi connectivity index (χ1v) is 28.8. The molecular weight excluding hydrogens is 855 g/mol. The van der Waals surface area contributed by atoms with Crippen LogP contribution in [0.2, 0.25) is 0 Å². The van der Waals surface area contributed by atoms with Crippen molar-refractivity contribution in [2.45, 2.75) is 289 Å². The summed E-state index contributed by atoms with van der Waals surface area (Å²) in [4.78, 5) is 38.1. The molecule has 0 N–H and O–H groups in total. The third-order valence-electron chi connectivity index (χ3n) is 11.4. The van der Waals surface area contributed by atoms with Gasteiger partial charge in [-0.25, -0.2) is 0 Å². The van der Waals surface area contributed by atoms with Gasteiger partial charge in [0.2, 0.25) is 0 Å². The second-order valence-corrected chi connectivity index (χ2v) is 19.6.